The Labute approximate surface area is 141 Å². The molecule has 2 N–H and O–H groups in total. The third kappa shape index (κ3) is 10.4. The molecule has 0 aromatic carbocycles. The molecule has 0 aliphatic rings. The predicted octanol–water partition coefficient (Wildman–Crippen LogP) is -1.32. The Bertz CT molecular complexity index is 485. The summed E-state index contributed by atoms with van der Waals surface area (Å²) in [5.41, 5.74) is 0. The van der Waals surface area contributed by atoms with E-state index in [-0.39, 0.29) is 31.1 Å². The number of methoxy groups -OCH3 is 1. The molecule has 0 unspecified atom stereocenters. The van der Waals surface area contributed by atoms with Gasteiger partial charge >= 0.3 is 5.97 Å². The van der Waals surface area contributed by atoms with Crippen molar-refractivity contribution in [1.29, 1.82) is 0 Å². The molecule has 12 heteroatoms. The minimum atomic E-state index is -0.948. The van der Waals surface area contributed by atoms with Gasteiger partial charge in [0.1, 0.15) is 6.04 Å². The highest BCUT2D eigenvalue weighted by Crippen LogP contribution is 2.05. The first-order valence-corrected chi connectivity index (χ1v) is 7.94. The Morgan fingerprint density at radius 1 is 1.29 bits per heavy atom. The maximum atomic E-state index is 11.6. The molecule has 24 heavy (non-hydrogen) atoms. The van der Waals surface area contributed by atoms with Crippen molar-refractivity contribution in [1.82, 2.24) is 10.6 Å². The Morgan fingerprint density at radius 3 is 2.50 bits per heavy atom. The number of hydrogen-bond donors (Lipinski definition) is 2. The molecule has 0 aromatic heterocycles. The van der Waals surface area contributed by atoms with Gasteiger partial charge in [0.2, 0.25) is 11.7 Å². The van der Waals surface area contributed by atoms with Crippen molar-refractivity contribution in [2.75, 3.05) is 31.8 Å². The van der Waals surface area contributed by atoms with E-state index >= 15 is 0 Å². The van der Waals surface area contributed by atoms with Gasteiger partial charge in [0, 0.05) is 19.2 Å². The largest absolute Gasteiger partial charge is 0.467 e. The van der Waals surface area contributed by atoms with Crippen molar-refractivity contribution in [3.8, 4) is 0 Å². The number of carbonyl (C=O) groups excluding carboxylic acids is 4. The molecule has 0 spiro atoms. The van der Waals surface area contributed by atoms with Crippen LogP contribution < -0.4 is 10.6 Å². The number of thioether (sulfide) groups is 1. The molecule has 0 fully saturated rings. The van der Waals surface area contributed by atoms with Crippen LogP contribution in [0.1, 0.15) is 13.3 Å². The van der Waals surface area contributed by atoms with E-state index in [1.54, 1.807) is 0 Å². The van der Waals surface area contributed by atoms with Crippen molar-refractivity contribution < 1.29 is 33.8 Å². The summed E-state index contributed by atoms with van der Waals surface area (Å²) in [5, 5.41) is 13.6. The Morgan fingerprint density at radius 2 is 1.96 bits per heavy atom. The number of ketones is 1. The average Bonchev–Trinajstić information content (AvgIpc) is 2.51. The summed E-state index contributed by atoms with van der Waals surface area (Å²) < 4.78 is 4.52. The number of esters is 1. The maximum Gasteiger partial charge on any atom is 0.329 e. The molecule has 0 saturated carbocycles. The van der Waals surface area contributed by atoms with Crippen LogP contribution in [0.2, 0.25) is 0 Å². The average molecular weight is 365 g/mol. The Kier molecular flexibility index (Phi) is 10.9. The topological polar surface area (TPSA) is 154 Å². The molecule has 136 valence electrons. The number of carbonyl (C=O) groups is 4. The Balaban J connectivity index is 4.04. The molecule has 11 nitrogen and oxygen atoms in total. The van der Waals surface area contributed by atoms with Crippen LogP contribution in [0.25, 0.3) is 0 Å². The van der Waals surface area contributed by atoms with Gasteiger partial charge in [-0.15, -0.1) is 10.1 Å². The molecule has 0 aliphatic heterocycles. The molecule has 0 radical (unpaired) electrons. The van der Waals surface area contributed by atoms with Crippen LogP contribution in [-0.4, -0.2) is 66.5 Å². The van der Waals surface area contributed by atoms with Crippen LogP contribution in [-0.2, 0) is 28.8 Å². The third-order valence-electron chi connectivity index (χ3n) is 2.44. The van der Waals surface area contributed by atoms with Crippen LogP contribution in [0.5, 0.6) is 0 Å². The molecular weight excluding hydrogens is 346 g/mol. The molecule has 0 bridgehead atoms. The zero-order valence-corrected chi connectivity index (χ0v) is 14.1. The first-order valence-electron chi connectivity index (χ1n) is 6.79. The van der Waals surface area contributed by atoms with E-state index in [0.717, 1.165) is 11.8 Å². The fourth-order valence-electron chi connectivity index (χ4n) is 1.40. The number of Topliss-reactive ketones (excluding diaryl/α,β-unsaturated/α-hetero) is 1. The minimum Gasteiger partial charge on any atom is -0.467 e. The molecule has 0 aliphatic carbocycles. The van der Waals surface area contributed by atoms with Gasteiger partial charge in [0.25, 0.3) is 11.0 Å². The van der Waals surface area contributed by atoms with E-state index in [2.05, 4.69) is 20.2 Å². The van der Waals surface area contributed by atoms with Crippen molar-refractivity contribution in [2.45, 2.75) is 19.4 Å². The third-order valence-corrected chi connectivity index (χ3v) is 3.47. The van der Waals surface area contributed by atoms with Gasteiger partial charge < -0.3 is 20.2 Å². The molecular formula is C12H19N3O8S. The van der Waals surface area contributed by atoms with Crippen LogP contribution in [0.15, 0.2) is 0 Å². The molecule has 0 saturated heterocycles. The van der Waals surface area contributed by atoms with Crippen LogP contribution in [0, 0.1) is 10.1 Å². The standard InChI is InChI=1S/C12H19N3O8S/c1-8(16)14-9(12(19)22-2)6-24-7-10(17)11(18)13-4-3-5-23-15(20)21/h9H,3-7H2,1-2H3,(H,13,18)(H,14,16)/t9-/m0/s1. The van der Waals surface area contributed by atoms with Gasteiger partial charge in [-0.2, -0.15) is 11.8 Å². The van der Waals surface area contributed by atoms with Crippen molar-refractivity contribution in [3.05, 3.63) is 10.1 Å². The summed E-state index contributed by atoms with van der Waals surface area (Å²) in [4.78, 5) is 59.4. The predicted molar refractivity (Wildman–Crippen MR) is 82.5 cm³/mol. The van der Waals surface area contributed by atoms with Crippen LogP contribution in [0.4, 0.5) is 0 Å². The van der Waals surface area contributed by atoms with E-state index in [1.165, 1.54) is 14.0 Å². The lowest BCUT2D eigenvalue weighted by Gasteiger charge is -2.14. The summed E-state index contributed by atoms with van der Waals surface area (Å²) in [7, 11) is 1.17. The highest BCUT2D eigenvalue weighted by molar-refractivity contribution is 8.00. The van der Waals surface area contributed by atoms with Crippen molar-refractivity contribution >= 4 is 35.3 Å². The molecule has 0 heterocycles. The number of nitrogens with zero attached hydrogens (tertiary/aromatic N) is 1. The van der Waals surface area contributed by atoms with Crippen molar-refractivity contribution in [3.63, 3.8) is 0 Å². The summed E-state index contributed by atoms with van der Waals surface area (Å²) in [6.45, 7) is 1.11. The Hall–Kier alpha value is -2.37. The fraction of sp³-hybridized carbons (Fsp3) is 0.667. The van der Waals surface area contributed by atoms with E-state index in [4.69, 9.17) is 0 Å². The number of nitrogens with one attached hydrogen (secondary N) is 2. The second-order valence-corrected chi connectivity index (χ2v) is 5.41. The monoisotopic (exact) mass is 365 g/mol. The highest BCUT2D eigenvalue weighted by atomic mass is 32.2. The smallest absolute Gasteiger partial charge is 0.329 e. The summed E-state index contributed by atoms with van der Waals surface area (Å²) >= 11 is 0.991. The zero-order valence-electron chi connectivity index (χ0n) is 13.2. The van der Waals surface area contributed by atoms with Crippen LogP contribution in [0.3, 0.4) is 0 Å². The van der Waals surface area contributed by atoms with E-state index in [1.807, 2.05) is 0 Å². The lowest BCUT2D eigenvalue weighted by molar-refractivity contribution is -0.757. The summed E-state index contributed by atoms with van der Waals surface area (Å²) in [5.74, 6) is -2.75. The first-order chi connectivity index (χ1) is 11.3. The molecule has 2 amide bonds. The number of hydrogen-bond acceptors (Lipinski definition) is 9. The molecule has 0 rings (SSSR count). The second kappa shape index (κ2) is 12.1. The normalized spacial score (nSPS) is 11.1. The van der Waals surface area contributed by atoms with Gasteiger partial charge in [-0.3, -0.25) is 14.4 Å². The van der Waals surface area contributed by atoms with E-state index < -0.39 is 34.7 Å². The number of ether oxygens (including phenoxy) is 1. The quantitative estimate of drug-likeness (QED) is 0.141. The van der Waals surface area contributed by atoms with Gasteiger partial charge in [-0.05, 0) is 6.42 Å². The van der Waals surface area contributed by atoms with Crippen LogP contribution >= 0.6 is 11.8 Å². The van der Waals surface area contributed by atoms with Gasteiger partial charge in [-0.25, -0.2) is 4.79 Å². The van der Waals surface area contributed by atoms with E-state index in [0.29, 0.717) is 0 Å². The molecule has 1 atom stereocenters. The highest BCUT2D eigenvalue weighted by Gasteiger charge is 2.21. The summed E-state index contributed by atoms with van der Waals surface area (Å²) in [6, 6.07) is -0.910. The molecule has 0 aromatic rings. The first kappa shape index (κ1) is 21.6. The summed E-state index contributed by atoms with van der Waals surface area (Å²) in [6.07, 6.45) is 0.181. The lowest BCUT2D eigenvalue weighted by atomic mass is 10.3. The zero-order chi connectivity index (χ0) is 18.5. The lowest BCUT2D eigenvalue weighted by Crippen LogP contribution is -2.42. The second-order valence-electron chi connectivity index (χ2n) is 4.38. The van der Waals surface area contributed by atoms with Gasteiger partial charge in [-0.1, -0.05) is 0 Å². The fourth-order valence-corrected chi connectivity index (χ4v) is 2.29. The SMILES string of the molecule is COC(=O)[C@H](CSCC(=O)C(=O)NCCCO[N+](=O)[O-])NC(C)=O. The minimum absolute atomic E-state index is 0.0553. The van der Waals surface area contributed by atoms with Crippen molar-refractivity contribution in [2.24, 2.45) is 0 Å². The van der Waals surface area contributed by atoms with E-state index in [9.17, 15) is 29.3 Å². The maximum absolute atomic E-state index is 11.6. The number of rotatable bonds is 12. The van der Waals surface area contributed by atoms with Gasteiger partial charge in [0.05, 0.1) is 19.5 Å². The number of amides is 2. The van der Waals surface area contributed by atoms with Gasteiger partial charge in [0.15, 0.2) is 0 Å².